The molecule has 0 unspecified atom stereocenters. The highest BCUT2D eigenvalue weighted by Crippen LogP contribution is 2.25. The molecule has 6 rings (SSSR count). The summed E-state index contributed by atoms with van der Waals surface area (Å²) in [6, 6.07) is -0.0132. The van der Waals surface area contributed by atoms with E-state index in [9.17, 15) is 75.6 Å². The number of Topliss-reactive ketones (excluding diaryl/α,β-unsaturated/α-hetero) is 1. The van der Waals surface area contributed by atoms with Gasteiger partial charge in [0, 0.05) is 80.9 Å². The fourth-order valence-electron chi connectivity index (χ4n) is 14.0. The monoisotopic (exact) mass is 1790 g/mol. The second kappa shape index (κ2) is 46.1. The van der Waals surface area contributed by atoms with Crippen molar-refractivity contribution in [3.8, 4) is 0 Å². The summed E-state index contributed by atoms with van der Waals surface area (Å²) in [5.74, 6) is -22.1. The molecule has 1 aromatic heterocycles. The number of hydrogen-bond acceptors (Lipinski definition) is 21. The number of halogens is 1. The molecule has 0 aliphatic carbocycles. The number of ketones is 1. The van der Waals surface area contributed by atoms with Crippen molar-refractivity contribution in [2.24, 2.45) is 35.0 Å². The Kier molecular flexibility index (Phi) is 37.4. The van der Waals surface area contributed by atoms with Gasteiger partial charge in [0.1, 0.15) is 84.3 Å². The minimum atomic E-state index is -5.41. The third kappa shape index (κ3) is 29.7. The number of carbonyl (C=O) groups excluding carboxylic acids is 17. The fraction of sp³-hybridized carbons (Fsp3) is 0.519. The lowest BCUT2D eigenvalue weighted by molar-refractivity contribution is -0.145. The van der Waals surface area contributed by atoms with E-state index >= 15 is 24.0 Å². The average molecular weight is 1790 g/mol. The number of nitrogens with zero attached hydrogens (tertiary/aromatic N) is 3. The summed E-state index contributed by atoms with van der Waals surface area (Å²) in [7, 11) is -3.31. The Bertz CT molecular complexity index is 4590. The standard InChI is InChI=1S/C79H111BrN20O21S/c1-40(2)62(95-74(114)63(41(3)4)94-72(112)59-22-16-30-100(59)77(117)55(91-66(106)43(6)87-39-101)33-46-23-25-48(80)26-24-46)73(113)90-54(34-47-36-86-51-20-14-13-19-50(47)51)68(108)88-52(21-15-29-85-79(83)84)67(107)93-57(38-122(119,120)121)70(110)96-64-42(5)31-49(103)37-98(8)76(116)56(35-61(82)105)92-75(115)65(44(7)102)97-69(109)53(32-45-17-11-10-12-18-45)89-71(111)58(27-28-60(81)104)99(9)78(64)118/h10-14,17-20,23-26,36,39-44,52-59,62-65,86,102H,15-16,21-22,27-35,37-38H2,1-9H3,(H2,81,104)(H2,82,105)(H,87,101)(H,88,108)(H,89,111)(H,90,113)(H,91,106)(H,92,115)(H,93,107)(H,94,112)(H,95,114)(H,96,110)(H,97,109)(H4,83,84,85)(H,119,120,121)/t42-,43+,44+,52-,53-,54-,55-,56-,57+,58-,59-,62-,63-,64-,65-/m0/s1. The van der Waals surface area contributed by atoms with Crippen LogP contribution in [0.2, 0.25) is 0 Å². The van der Waals surface area contributed by atoms with Crippen LogP contribution in [0.15, 0.2) is 89.5 Å². The SMILES string of the molecule is CC(C)[C@H](NC(=O)[C@@H](NC(=O)[C@@H]1CCCN1C(=O)[C@H](Cc1ccc(Br)cc1)NC(=O)[C@@H](C)NC=O)C(C)C)C(=O)N[C@@H](Cc1c[nH]c2ccccc12)C(=O)N[C@@H](CCCNC(=N)N)C(=O)N[C@H](CS(=O)(=O)O)C(=O)N[C@@H]1C(=O)N(C)[C@@H](CCC(N)=O)C(=O)N[C@@H](Cc2ccccc2)C(=O)N[C@@H]([C@@H](C)O)C(=O)N[C@@H](CC(N)=O)C(=O)N(C)CC(=O)C[C@@H]1C. The number of para-hydroxylation sites is 1. The van der Waals surface area contributed by atoms with Crippen molar-refractivity contribution in [2.45, 2.75) is 204 Å². The first-order chi connectivity index (χ1) is 57.4. The lowest BCUT2D eigenvalue weighted by atomic mass is 9.93. The van der Waals surface area contributed by atoms with Crippen molar-refractivity contribution in [2.75, 3.05) is 39.5 Å². The van der Waals surface area contributed by atoms with Gasteiger partial charge in [0.15, 0.2) is 11.7 Å². The molecule has 0 bridgehead atoms. The maximum Gasteiger partial charge on any atom is 0.267 e. The van der Waals surface area contributed by atoms with Gasteiger partial charge in [0.25, 0.3) is 10.1 Å². The number of rotatable bonds is 37. The molecule has 0 radical (unpaired) electrons. The summed E-state index contributed by atoms with van der Waals surface area (Å²) in [4.78, 5) is 247. The molecule has 0 spiro atoms. The first-order valence-corrected chi connectivity index (χ1v) is 42.0. The number of fused-ring (bicyclic) bond motifs is 1. The number of primary amides is 2. The summed E-state index contributed by atoms with van der Waals surface area (Å²) in [5.41, 5.74) is 18.7. The molecular formula is C79H111BrN20O21S. The minimum absolute atomic E-state index is 0.00834. The molecule has 2 fully saturated rings. The Morgan fingerprint density at radius 1 is 0.672 bits per heavy atom. The number of likely N-dealkylation sites (N-methyl/N-ethyl adjacent to an activating group) is 2. The van der Waals surface area contributed by atoms with Gasteiger partial charge >= 0.3 is 0 Å². The summed E-state index contributed by atoms with van der Waals surface area (Å²) >= 11 is 3.39. The molecule has 22 N–H and O–H groups in total. The number of aromatic amines is 1. The third-order valence-electron chi connectivity index (χ3n) is 20.6. The molecule has 2 saturated heterocycles. The van der Waals surface area contributed by atoms with Crippen LogP contribution in [0.3, 0.4) is 0 Å². The Hall–Kier alpha value is -12.0. The quantitative estimate of drug-likeness (QED) is 0.00669. The molecule has 43 heteroatoms. The number of amides is 16. The van der Waals surface area contributed by atoms with Gasteiger partial charge in [-0.2, -0.15) is 8.42 Å². The Labute approximate surface area is 713 Å². The van der Waals surface area contributed by atoms with E-state index in [2.05, 4.69) is 84.7 Å². The normalized spacial score (nSPS) is 20.4. The summed E-state index contributed by atoms with van der Waals surface area (Å²) < 4.78 is 37.5. The molecule has 2 aliphatic heterocycles. The first kappa shape index (κ1) is 98.8. The van der Waals surface area contributed by atoms with Crippen LogP contribution in [0.4, 0.5) is 0 Å². The Balaban J connectivity index is 1.35. The number of nitrogens with one attached hydrogen (secondary N) is 14. The maximum absolute atomic E-state index is 15.4. The molecule has 2 aliphatic rings. The van der Waals surface area contributed by atoms with Crippen LogP contribution in [-0.4, -0.2) is 269 Å². The number of hydrogen-bond donors (Lipinski definition) is 19. The lowest BCUT2D eigenvalue weighted by Crippen LogP contribution is -2.63. The van der Waals surface area contributed by atoms with Crippen molar-refractivity contribution in [1.29, 1.82) is 5.41 Å². The number of H-pyrrole nitrogens is 1. The highest BCUT2D eigenvalue weighted by molar-refractivity contribution is 9.10. The van der Waals surface area contributed by atoms with Gasteiger partial charge < -0.3 is 106 Å². The van der Waals surface area contributed by atoms with Crippen LogP contribution in [-0.2, 0) is 111 Å². The molecule has 4 aromatic rings. The van der Waals surface area contributed by atoms with Crippen molar-refractivity contribution >= 4 is 144 Å². The molecule has 15 atom stereocenters. The minimum Gasteiger partial charge on any atom is -0.391 e. The summed E-state index contributed by atoms with van der Waals surface area (Å²) in [5, 5.41) is 49.3. The maximum atomic E-state index is 15.4. The topological polar surface area (TPSA) is 637 Å². The van der Waals surface area contributed by atoms with E-state index in [0.717, 1.165) is 30.4 Å². The van der Waals surface area contributed by atoms with Crippen LogP contribution in [0.1, 0.15) is 117 Å². The van der Waals surface area contributed by atoms with Gasteiger partial charge in [0.2, 0.25) is 95.0 Å². The van der Waals surface area contributed by atoms with Gasteiger partial charge in [-0.1, -0.05) is 111 Å². The number of nitrogens with two attached hydrogens (primary N) is 3. The Morgan fingerprint density at radius 2 is 1.27 bits per heavy atom. The molecular weight excluding hydrogens is 1680 g/mol. The van der Waals surface area contributed by atoms with E-state index in [-0.39, 0.29) is 45.2 Å². The van der Waals surface area contributed by atoms with Crippen LogP contribution in [0.5, 0.6) is 0 Å². The zero-order valence-electron chi connectivity index (χ0n) is 69.1. The number of likely N-dealkylation sites (tertiary alicyclic amines) is 1. The van der Waals surface area contributed by atoms with E-state index in [4.69, 9.17) is 22.6 Å². The van der Waals surface area contributed by atoms with Gasteiger partial charge in [-0.15, -0.1) is 0 Å². The van der Waals surface area contributed by atoms with Crippen molar-refractivity contribution in [3.63, 3.8) is 0 Å². The second-order valence-electron chi connectivity index (χ2n) is 31.1. The lowest BCUT2D eigenvalue weighted by Gasteiger charge is -2.34. The predicted octanol–water partition coefficient (Wildman–Crippen LogP) is -4.19. The average Bonchev–Trinajstić information content (AvgIpc) is 1.64. The number of aromatic nitrogens is 1. The van der Waals surface area contributed by atoms with E-state index < -0.39 is 257 Å². The van der Waals surface area contributed by atoms with E-state index in [0.29, 0.717) is 45.3 Å². The zero-order valence-corrected chi connectivity index (χ0v) is 71.5. The molecule has 16 amide bonds. The second-order valence-corrected chi connectivity index (χ2v) is 33.5. The number of carbonyl (C=O) groups is 17. The molecule has 0 saturated carbocycles. The van der Waals surface area contributed by atoms with Crippen molar-refractivity contribution < 1.29 is 99.6 Å². The molecule has 3 heterocycles. The molecule has 666 valence electrons. The fourth-order valence-corrected chi connectivity index (χ4v) is 14.9. The van der Waals surface area contributed by atoms with E-state index in [1.165, 1.54) is 18.7 Å². The van der Waals surface area contributed by atoms with Crippen LogP contribution in [0, 0.1) is 23.2 Å². The smallest absolute Gasteiger partial charge is 0.267 e. The van der Waals surface area contributed by atoms with Gasteiger partial charge in [-0.3, -0.25) is 91.5 Å². The summed E-state index contributed by atoms with van der Waals surface area (Å²) in [6.45, 7) is 9.17. The Morgan fingerprint density at radius 3 is 1.89 bits per heavy atom. The van der Waals surface area contributed by atoms with Gasteiger partial charge in [-0.25, -0.2) is 0 Å². The molecule has 122 heavy (non-hydrogen) atoms. The van der Waals surface area contributed by atoms with Crippen molar-refractivity contribution in [1.82, 2.24) is 83.5 Å². The largest absolute Gasteiger partial charge is 0.391 e. The molecule has 41 nitrogen and oxygen atoms in total. The van der Waals surface area contributed by atoms with E-state index in [1.54, 1.807) is 113 Å². The zero-order chi connectivity index (χ0) is 90.7. The van der Waals surface area contributed by atoms with Crippen LogP contribution < -0.4 is 81.0 Å². The number of aliphatic hydroxyl groups excluding tert-OH is 1. The highest BCUT2D eigenvalue weighted by atomic mass is 79.9. The number of aliphatic hydroxyl groups is 1. The van der Waals surface area contributed by atoms with E-state index in [1.807, 2.05) is 0 Å². The third-order valence-corrected chi connectivity index (χ3v) is 21.9. The van der Waals surface area contributed by atoms with Crippen LogP contribution >= 0.6 is 15.9 Å². The summed E-state index contributed by atoms with van der Waals surface area (Å²) in [6.07, 6.45) is -3.60. The van der Waals surface area contributed by atoms with Crippen molar-refractivity contribution in [3.05, 3.63) is 106 Å². The number of guanidine groups is 1. The highest BCUT2D eigenvalue weighted by Gasteiger charge is 2.44. The number of benzene rings is 3. The predicted molar refractivity (Wildman–Crippen MR) is 445 cm³/mol. The molecule has 3 aromatic carbocycles. The van der Waals surface area contributed by atoms with Gasteiger partial charge in [-0.05, 0) is 98.6 Å². The first-order valence-electron chi connectivity index (χ1n) is 39.6. The van der Waals surface area contributed by atoms with Crippen LogP contribution in [0.25, 0.3) is 10.9 Å². The van der Waals surface area contributed by atoms with Gasteiger partial charge in [0.05, 0.1) is 19.1 Å².